The van der Waals surface area contributed by atoms with Crippen molar-refractivity contribution >= 4 is 23.1 Å². The molecule has 9 heteroatoms. The molecule has 1 saturated carbocycles. The fourth-order valence-electron chi connectivity index (χ4n) is 3.54. The van der Waals surface area contributed by atoms with Gasteiger partial charge in [0, 0.05) is 29.3 Å². The maximum Gasteiger partial charge on any atom is 0.573 e. The van der Waals surface area contributed by atoms with Gasteiger partial charge in [-0.3, -0.25) is 9.59 Å². The number of ether oxygens (including phenoxy) is 1. The number of benzene rings is 1. The zero-order chi connectivity index (χ0) is 21.5. The Morgan fingerprint density at radius 2 is 1.90 bits per heavy atom. The van der Waals surface area contributed by atoms with E-state index in [1.807, 2.05) is 0 Å². The second kappa shape index (κ2) is 7.83. The van der Waals surface area contributed by atoms with Gasteiger partial charge in [-0.1, -0.05) is 29.8 Å². The monoisotopic (exact) mass is 438 g/mol. The highest BCUT2D eigenvalue weighted by Crippen LogP contribution is 2.39. The van der Waals surface area contributed by atoms with E-state index in [0.717, 1.165) is 24.5 Å². The predicted octanol–water partition coefficient (Wildman–Crippen LogP) is 4.51. The van der Waals surface area contributed by atoms with Crippen molar-refractivity contribution in [2.45, 2.75) is 44.0 Å². The molecule has 2 aliphatic rings. The van der Waals surface area contributed by atoms with Crippen molar-refractivity contribution in [1.29, 1.82) is 0 Å². The quantitative estimate of drug-likeness (QED) is 0.721. The molecule has 1 aromatic heterocycles. The molecule has 0 unspecified atom stereocenters. The van der Waals surface area contributed by atoms with Gasteiger partial charge >= 0.3 is 6.36 Å². The molecule has 2 heterocycles. The molecule has 1 aliphatic carbocycles. The molecule has 1 aliphatic heterocycles. The van der Waals surface area contributed by atoms with Gasteiger partial charge in [-0.2, -0.15) is 0 Å². The molecule has 1 amide bonds. The number of H-pyrrole nitrogens is 1. The lowest BCUT2D eigenvalue weighted by Crippen LogP contribution is -2.23. The molecule has 2 aromatic rings. The molecule has 1 aromatic carbocycles. The first-order chi connectivity index (χ1) is 14.2. The Balaban J connectivity index is 1.73. The van der Waals surface area contributed by atoms with Gasteiger partial charge in [0.2, 0.25) is 5.91 Å². The number of carbonyl (C=O) groups excluding carboxylic acids is 1. The number of alkyl halides is 3. The van der Waals surface area contributed by atoms with Crippen LogP contribution in [-0.4, -0.2) is 23.3 Å². The van der Waals surface area contributed by atoms with E-state index in [0.29, 0.717) is 29.7 Å². The zero-order valence-electron chi connectivity index (χ0n) is 15.7. The summed E-state index contributed by atoms with van der Waals surface area (Å²) in [5, 5.41) is 2.60. The van der Waals surface area contributed by atoms with Gasteiger partial charge in [-0.05, 0) is 48.9 Å². The van der Waals surface area contributed by atoms with Crippen molar-refractivity contribution < 1.29 is 22.7 Å². The van der Waals surface area contributed by atoms with Crippen LogP contribution in [0, 0.1) is 0 Å². The summed E-state index contributed by atoms with van der Waals surface area (Å²) >= 11 is 6.02. The van der Waals surface area contributed by atoms with Crippen LogP contribution in [0.5, 0.6) is 5.75 Å². The lowest BCUT2D eigenvalue weighted by molar-refractivity contribution is -0.274. The number of hydrogen-bond acceptors (Lipinski definition) is 3. The van der Waals surface area contributed by atoms with Crippen LogP contribution in [0.2, 0.25) is 5.02 Å². The van der Waals surface area contributed by atoms with Gasteiger partial charge in [-0.25, -0.2) is 0 Å². The van der Waals surface area contributed by atoms with Crippen LogP contribution in [0.1, 0.15) is 48.4 Å². The molecule has 2 N–H and O–H groups in total. The van der Waals surface area contributed by atoms with Gasteiger partial charge in [0.15, 0.2) is 0 Å². The summed E-state index contributed by atoms with van der Waals surface area (Å²) in [5.74, 6) is -0.322. The number of halogens is 4. The lowest BCUT2D eigenvalue weighted by Gasteiger charge is -2.15. The molecule has 30 heavy (non-hydrogen) atoms. The van der Waals surface area contributed by atoms with Crippen molar-refractivity contribution in [3.8, 4) is 5.75 Å². The van der Waals surface area contributed by atoms with E-state index in [1.54, 1.807) is 18.2 Å². The third-order valence-electron chi connectivity index (χ3n) is 5.11. The Morgan fingerprint density at radius 3 is 2.47 bits per heavy atom. The fourth-order valence-corrected chi connectivity index (χ4v) is 3.76. The molecule has 1 saturated heterocycles. The van der Waals surface area contributed by atoms with Crippen LogP contribution in [0.4, 0.5) is 13.2 Å². The van der Waals surface area contributed by atoms with Gasteiger partial charge < -0.3 is 15.0 Å². The van der Waals surface area contributed by atoms with Crippen LogP contribution in [0.3, 0.4) is 0 Å². The Hall–Kier alpha value is -2.74. The first kappa shape index (κ1) is 20.5. The Kier molecular flexibility index (Phi) is 5.36. The minimum absolute atomic E-state index is 0.0832. The standard InChI is InChI=1S/C21H18ClF3N2O3/c22-16-9-12(3-7-18(16)30-21(23,24)25)15(10-13-4-8-19(28)26-13)17-6-5-14(11-1-2-11)20(29)27-17/h3,5-7,9-11,13H,1-2,4,8H2,(H,26,28)(H,27,29)/b15-10-/t13-/m1/s1. The third-order valence-corrected chi connectivity index (χ3v) is 5.41. The molecular formula is C21H18ClF3N2O3. The van der Waals surface area contributed by atoms with E-state index in [1.165, 1.54) is 12.1 Å². The highest BCUT2D eigenvalue weighted by molar-refractivity contribution is 6.32. The number of hydrogen-bond donors (Lipinski definition) is 2. The van der Waals surface area contributed by atoms with Gasteiger partial charge in [0.05, 0.1) is 5.02 Å². The summed E-state index contributed by atoms with van der Waals surface area (Å²) in [6.45, 7) is 0. The average molecular weight is 439 g/mol. The smallest absolute Gasteiger partial charge is 0.404 e. The molecule has 0 radical (unpaired) electrons. The largest absolute Gasteiger partial charge is 0.573 e. The van der Waals surface area contributed by atoms with Crippen LogP contribution in [0.25, 0.3) is 5.57 Å². The van der Waals surface area contributed by atoms with E-state index in [2.05, 4.69) is 15.0 Å². The highest BCUT2D eigenvalue weighted by atomic mass is 35.5. The number of pyridine rings is 1. The van der Waals surface area contributed by atoms with Crippen LogP contribution < -0.4 is 15.6 Å². The first-order valence-corrected chi connectivity index (χ1v) is 9.88. The second-order valence-electron chi connectivity index (χ2n) is 7.42. The van der Waals surface area contributed by atoms with Crippen LogP contribution in [-0.2, 0) is 4.79 Å². The molecule has 1 atom stereocenters. The summed E-state index contributed by atoms with van der Waals surface area (Å²) in [4.78, 5) is 26.9. The summed E-state index contributed by atoms with van der Waals surface area (Å²) in [6.07, 6.45) is -0.157. The van der Waals surface area contributed by atoms with Gasteiger partial charge in [0.25, 0.3) is 5.56 Å². The fraction of sp³-hybridized carbons (Fsp3) is 0.333. The lowest BCUT2D eigenvalue weighted by atomic mass is 9.98. The summed E-state index contributed by atoms with van der Waals surface area (Å²) in [5.41, 5.74) is 2.07. The average Bonchev–Trinajstić information content (AvgIpc) is 3.42. The summed E-state index contributed by atoms with van der Waals surface area (Å²) in [7, 11) is 0. The molecule has 158 valence electrons. The molecule has 2 fully saturated rings. The summed E-state index contributed by atoms with van der Waals surface area (Å²) in [6, 6.07) is 7.19. The number of nitrogens with one attached hydrogen (secondary N) is 2. The number of rotatable bonds is 5. The minimum atomic E-state index is -4.86. The highest BCUT2D eigenvalue weighted by Gasteiger charge is 2.32. The van der Waals surface area contributed by atoms with Crippen molar-refractivity contribution in [3.63, 3.8) is 0 Å². The van der Waals surface area contributed by atoms with E-state index in [9.17, 15) is 22.8 Å². The van der Waals surface area contributed by atoms with Crippen molar-refractivity contribution in [1.82, 2.24) is 10.3 Å². The van der Waals surface area contributed by atoms with Crippen molar-refractivity contribution in [3.05, 3.63) is 68.6 Å². The molecule has 0 bridgehead atoms. The van der Waals surface area contributed by atoms with Gasteiger partial charge in [0.1, 0.15) is 5.75 Å². The van der Waals surface area contributed by atoms with Crippen molar-refractivity contribution in [2.24, 2.45) is 0 Å². The van der Waals surface area contributed by atoms with E-state index < -0.39 is 12.1 Å². The maximum absolute atomic E-state index is 12.5. The van der Waals surface area contributed by atoms with Crippen LogP contribution in [0.15, 0.2) is 41.2 Å². The third kappa shape index (κ3) is 4.70. The number of carbonyl (C=O) groups is 1. The number of aromatic amines is 1. The topological polar surface area (TPSA) is 71.2 Å². The second-order valence-corrected chi connectivity index (χ2v) is 7.82. The Morgan fingerprint density at radius 1 is 1.13 bits per heavy atom. The zero-order valence-corrected chi connectivity index (χ0v) is 16.4. The molecule has 4 rings (SSSR count). The van der Waals surface area contributed by atoms with E-state index >= 15 is 0 Å². The number of aromatic nitrogens is 1. The van der Waals surface area contributed by atoms with E-state index in [-0.39, 0.29) is 28.4 Å². The van der Waals surface area contributed by atoms with Gasteiger partial charge in [-0.15, -0.1) is 13.2 Å². The number of amides is 1. The van der Waals surface area contributed by atoms with E-state index in [4.69, 9.17) is 11.6 Å². The normalized spacial score (nSPS) is 19.7. The Bertz CT molecular complexity index is 1070. The SMILES string of the molecule is O=C1CC[C@H](/C=C(/c2ccc(OC(F)(F)F)c(Cl)c2)c2ccc(C3CC3)c(=O)[nH]2)N1. The van der Waals surface area contributed by atoms with Crippen LogP contribution >= 0.6 is 11.6 Å². The molecular weight excluding hydrogens is 421 g/mol. The summed E-state index contributed by atoms with van der Waals surface area (Å²) < 4.78 is 41.5. The first-order valence-electron chi connectivity index (χ1n) is 9.50. The molecule has 0 spiro atoms. The Labute approximate surface area is 174 Å². The molecule has 5 nitrogen and oxygen atoms in total. The maximum atomic E-state index is 12.5. The minimum Gasteiger partial charge on any atom is -0.404 e. The van der Waals surface area contributed by atoms with Crippen molar-refractivity contribution in [2.75, 3.05) is 0 Å². The predicted molar refractivity (Wildman–Crippen MR) is 105 cm³/mol.